The summed E-state index contributed by atoms with van der Waals surface area (Å²) in [5.74, 6) is -0.511. The molecule has 1 heterocycles. The predicted molar refractivity (Wildman–Crippen MR) is 109 cm³/mol. The first-order valence-corrected chi connectivity index (χ1v) is 9.20. The second-order valence-electron chi connectivity index (χ2n) is 6.56. The van der Waals surface area contributed by atoms with E-state index in [9.17, 15) is 9.18 Å². The van der Waals surface area contributed by atoms with E-state index in [-0.39, 0.29) is 17.8 Å². The molecule has 0 aliphatic carbocycles. The molecule has 0 radical (unpaired) electrons. The molecule has 28 heavy (non-hydrogen) atoms. The SMILES string of the molecule is Cc1nn(C)c(Cl)c1/C=C/C(=O)N(C)C(c1ccccc1)c1ccc(F)cc1. The van der Waals surface area contributed by atoms with Crippen LogP contribution in [0.1, 0.15) is 28.4 Å². The first-order valence-electron chi connectivity index (χ1n) is 8.83. The number of carbonyl (C=O) groups excluding carboxylic acids is 1. The summed E-state index contributed by atoms with van der Waals surface area (Å²) < 4.78 is 15.0. The number of aryl methyl sites for hydroxylation is 2. The number of benzene rings is 2. The van der Waals surface area contributed by atoms with Crippen molar-refractivity contribution in [1.82, 2.24) is 14.7 Å². The Morgan fingerprint density at radius 3 is 2.32 bits per heavy atom. The van der Waals surface area contributed by atoms with E-state index in [1.807, 2.05) is 37.3 Å². The number of nitrogens with zero attached hydrogens (tertiary/aromatic N) is 3. The van der Waals surface area contributed by atoms with E-state index in [1.54, 1.807) is 41.9 Å². The van der Waals surface area contributed by atoms with Gasteiger partial charge in [0.1, 0.15) is 11.0 Å². The number of likely N-dealkylation sites (N-methyl/N-ethyl adjacent to an activating group) is 1. The second-order valence-corrected chi connectivity index (χ2v) is 6.92. The Labute approximate surface area is 168 Å². The van der Waals surface area contributed by atoms with Gasteiger partial charge in [0, 0.05) is 25.7 Å². The topological polar surface area (TPSA) is 38.1 Å². The van der Waals surface area contributed by atoms with Gasteiger partial charge in [-0.25, -0.2) is 4.39 Å². The summed E-state index contributed by atoms with van der Waals surface area (Å²) in [6.45, 7) is 1.84. The van der Waals surface area contributed by atoms with Crippen molar-refractivity contribution < 1.29 is 9.18 Å². The van der Waals surface area contributed by atoms with Gasteiger partial charge in [-0.3, -0.25) is 9.48 Å². The van der Waals surface area contributed by atoms with Gasteiger partial charge in [-0.2, -0.15) is 5.10 Å². The van der Waals surface area contributed by atoms with E-state index in [0.717, 1.165) is 16.8 Å². The lowest BCUT2D eigenvalue weighted by molar-refractivity contribution is -0.126. The van der Waals surface area contributed by atoms with Crippen LogP contribution in [0.3, 0.4) is 0 Å². The molecule has 1 atom stereocenters. The minimum absolute atomic E-state index is 0.197. The third-order valence-electron chi connectivity index (χ3n) is 4.62. The molecule has 144 valence electrons. The molecule has 6 heteroatoms. The smallest absolute Gasteiger partial charge is 0.247 e. The number of aromatic nitrogens is 2. The van der Waals surface area contributed by atoms with Crippen molar-refractivity contribution in [3.8, 4) is 0 Å². The molecule has 0 spiro atoms. The number of halogens is 2. The van der Waals surface area contributed by atoms with E-state index in [0.29, 0.717) is 10.7 Å². The Bertz CT molecular complexity index is 997. The van der Waals surface area contributed by atoms with Crippen LogP contribution in [-0.4, -0.2) is 27.6 Å². The van der Waals surface area contributed by atoms with Crippen molar-refractivity contribution in [2.24, 2.45) is 7.05 Å². The summed E-state index contributed by atoms with van der Waals surface area (Å²) in [6.07, 6.45) is 3.16. The second kappa shape index (κ2) is 8.40. The summed E-state index contributed by atoms with van der Waals surface area (Å²) in [4.78, 5) is 14.5. The van der Waals surface area contributed by atoms with Crippen LogP contribution < -0.4 is 0 Å². The summed E-state index contributed by atoms with van der Waals surface area (Å²) in [5, 5.41) is 4.72. The van der Waals surface area contributed by atoms with Crippen LogP contribution in [0.25, 0.3) is 6.08 Å². The Hall–Kier alpha value is -2.92. The van der Waals surface area contributed by atoms with Gasteiger partial charge in [-0.05, 0) is 36.3 Å². The zero-order chi connectivity index (χ0) is 20.3. The minimum atomic E-state index is -0.343. The highest BCUT2D eigenvalue weighted by molar-refractivity contribution is 6.31. The zero-order valence-electron chi connectivity index (χ0n) is 15.9. The fourth-order valence-corrected chi connectivity index (χ4v) is 3.39. The summed E-state index contributed by atoms with van der Waals surface area (Å²) >= 11 is 6.24. The van der Waals surface area contributed by atoms with Gasteiger partial charge in [0.25, 0.3) is 0 Å². The maximum atomic E-state index is 13.4. The lowest BCUT2D eigenvalue weighted by atomic mass is 9.97. The first-order chi connectivity index (χ1) is 13.4. The standard InChI is InChI=1S/C22H21ClFN3O/c1-15-19(22(23)27(3)25-15)13-14-20(28)26(2)21(16-7-5-4-6-8-16)17-9-11-18(24)12-10-17/h4-14,21H,1-3H3/b14-13+. The Kier molecular flexibility index (Phi) is 5.95. The van der Waals surface area contributed by atoms with Crippen molar-refractivity contribution in [3.05, 3.63) is 94.0 Å². The van der Waals surface area contributed by atoms with Gasteiger partial charge in [0.15, 0.2) is 0 Å². The molecule has 0 saturated heterocycles. The van der Waals surface area contributed by atoms with Crippen molar-refractivity contribution in [1.29, 1.82) is 0 Å². The highest BCUT2D eigenvalue weighted by atomic mass is 35.5. The third-order valence-corrected chi connectivity index (χ3v) is 5.07. The molecule has 0 fully saturated rings. The van der Waals surface area contributed by atoms with Crippen molar-refractivity contribution in [2.75, 3.05) is 7.05 Å². The van der Waals surface area contributed by atoms with Gasteiger partial charge in [0.05, 0.1) is 11.7 Å². The molecule has 0 saturated carbocycles. The molecule has 3 rings (SSSR count). The van der Waals surface area contributed by atoms with E-state index in [2.05, 4.69) is 5.10 Å². The van der Waals surface area contributed by atoms with Gasteiger partial charge in [-0.1, -0.05) is 54.1 Å². The molecule has 1 aromatic heterocycles. The molecule has 2 aromatic carbocycles. The highest BCUT2D eigenvalue weighted by Crippen LogP contribution is 2.28. The first kappa shape index (κ1) is 19.8. The minimum Gasteiger partial charge on any atom is -0.331 e. The normalized spacial score (nSPS) is 12.3. The van der Waals surface area contributed by atoms with E-state index >= 15 is 0 Å². The Morgan fingerprint density at radius 1 is 1.14 bits per heavy atom. The fourth-order valence-electron chi connectivity index (χ4n) is 3.16. The monoisotopic (exact) mass is 397 g/mol. The van der Waals surface area contributed by atoms with Crippen molar-refractivity contribution in [3.63, 3.8) is 0 Å². The number of hydrogen-bond donors (Lipinski definition) is 0. The van der Waals surface area contributed by atoms with E-state index in [4.69, 9.17) is 11.6 Å². The molecule has 0 bridgehead atoms. The number of rotatable bonds is 5. The summed E-state index contributed by atoms with van der Waals surface area (Å²) in [6, 6.07) is 15.5. The van der Waals surface area contributed by atoms with Crippen LogP contribution in [0.15, 0.2) is 60.7 Å². The number of carbonyl (C=O) groups is 1. The molecule has 4 nitrogen and oxygen atoms in total. The molecule has 0 aliphatic rings. The Balaban J connectivity index is 1.92. The number of amides is 1. The Morgan fingerprint density at radius 2 is 1.75 bits per heavy atom. The molecular weight excluding hydrogens is 377 g/mol. The van der Waals surface area contributed by atoms with Crippen molar-refractivity contribution in [2.45, 2.75) is 13.0 Å². The molecule has 0 aliphatic heterocycles. The maximum absolute atomic E-state index is 13.4. The van der Waals surface area contributed by atoms with Crippen LogP contribution in [0.4, 0.5) is 4.39 Å². The van der Waals surface area contributed by atoms with Crippen LogP contribution in [0.2, 0.25) is 5.15 Å². The van der Waals surface area contributed by atoms with Gasteiger partial charge in [-0.15, -0.1) is 0 Å². The van der Waals surface area contributed by atoms with E-state index < -0.39 is 0 Å². The molecule has 3 aromatic rings. The van der Waals surface area contributed by atoms with Crippen LogP contribution in [-0.2, 0) is 11.8 Å². The van der Waals surface area contributed by atoms with Crippen molar-refractivity contribution >= 4 is 23.6 Å². The summed E-state index contributed by atoms with van der Waals surface area (Å²) in [7, 11) is 3.48. The average molecular weight is 398 g/mol. The summed E-state index contributed by atoms with van der Waals surface area (Å²) in [5.41, 5.74) is 3.22. The quantitative estimate of drug-likeness (QED) is 0.581. The zero-order valence-corrected chi connectivity index (χ0v) is 16.7. The third kappa shape index (κ3) is 4.15. The molecule has 1 amide bonds. The van der Waals surface area contributed by atoms with E-state index in [1.165, 1.54) is 18.2 Å². The number of hydrogen-bond acceptors (Lipinski definition) is 2. The molecular formula is C22H21ClFN3O. The van der Waals surface area contributed by atoms with Gasteiger partial charge in [0.2, 0.25) is 5.91 Å². The van der Waals surface area contributed by atoms with Crippen LogP contribution in [0.5, 0.6) is 0 Å². The predicted octanol–water partition coefficient (Wildman–Crippen LogP) is 4.78. The average Bonchev–Trinajstić information content (AvgIpc) is 2.94. The molecule has 0 N–H and O–H groups in total. The van der Waals surface area contributed by atoms with Crippen LogP contribution >= 0.6 is 11.6 Å². The largest absolute Gasteiger partial charge is 0.331 e. The van der Waals surface area contributed by atoms with Gasteiger partial charge >= 0.3 is 0 Å². The maximum Gasteiger partial charge on any atom is 0.247 e. The lowest BCUT2D eigenvalue weighted by Crippen LogP contribution is -2.30. The molecule has 1 unspecified atom stereocenters. The fraction of sp³-hybridized carbons (Fsp3) is 0.182. The van der Waals surface area contributed by atoms with Gasteiger partial charge < -0.3 is 4.90 Å². The highest BCUT2D eigenvalue weighted by Gasteiger charge is 2.22. The van der Waals surface area contributed by atoms with Crippen LogP contribution in [0, 0.1) is 12.7 Å². The lowest BCUT2D eigenvalue weighted by Gasteiger charge is -2.28.